The van der Waals surface area contributed by atoms with E-state index < -0.39 is 29.0 Å². The van der Waals surface area contributed by atoms with Gasteiger partial charge < -0.3 is 9.84 Å². The van der Waals surface area contributed by atoms with E-state index in [1.54, 1.807) is 27.7 Å². The summed E-state index contributed by atoms with van der Waals surface area (Å²) < 4.78 is 18.7. The number of carboxylic acids is 1. The van der Waals surface area contributed by atoms with E-state index >= 15 is 0 Å². The predicted molar refractivity (Wildman–Crippen MR) is 77.8 cm³/mol. The second-order valence-corrected chi connectivity index (χ2v) is 5.99. The molecule has 1 amide bonds. The van der Waals surface area contributed by atoms with E-state index in [1.807, 2.05) is 0 Å². The van der Waals surface area contributed by atoms with Gasteiger partial charge in [-0.05, 0) is 40.7 Å². The fraction of sp³-hybridized carbons (Fsp3) is 0.533. The minimum atomic E-state index is -1.79. The van der Waals surface area contributed by atoms with Gasteiger partial charge in [-0.3, -0.25) is 9.88 Å². The molecule has 22 heavy (non-hydrogen) atoms. The van der Waals surface area contributed by atoms with Crippen molar-refractivity contribution < 1.29 is 23.8 Å². The summed E-state index contributed by atoms with van der Waals surface area (Å²) in [7, 11) is 0. The minimum Gasteiger partial charge on any atom is -0.479 e. The lowest BCUT2D eigenvalue weighted by Gasteiger charge is -2.38. The molecule has 1 aromatic heterocycles. The first kappa shape index (κ1) is 17.9. The van der Waals surface area contributed by atoms with Gasteiger partial charge in [-0.15, -0.1) is 0 Å². The lowest BCUT2D eigenvalue weighted by molar-refractivity contribution is -0.150. The topological polar surface area (TPSA) is 79.7 Å². The Hall–Kier alpha value is -2.18. The molecule has 1 heterocycles. The van der Waals surface area contributed by atoms with E-state index in [-0.39, 0.29) is 12.1 Å². The van der Waals surface area contributed by atoms with E-state index in [0.717, 1.165) is 17.2 Å². The Morgan fingerprint density at radius 2 is 1.91 bits per heavy atom. The maximum Gasteiger partial charge on any atom is 0.411 e. The SMILES string of the molecule is CCN(C(=O)OC(C)(C)C)C(C)(C(=O)O)c1cncc(F)c1. The van der Waals surface area contributed by atoms with Crippen LogP contribution < -0.4 is 0 Å². The highest BCUT2D eigenvalue weighted by atomic mass is 19.1. The average molecular weight is 312 g/mol. The zero-order valence-corrected chi connectivity index (χ0v) is 13.4. The van der Waals surface area contributed by atoms with E-state index in [9.17, 15) is 19.1 Å². The maximum atomic E-state index is 13.4. The van der Waals surface area contributed by atoms with Crippen LogP contribution in [0.4, 0.5) is 9.18 Å². The number of pyridine rings is 1. The predicted octanol–water partition coefficient (Wildman–Crippen LogP) is 2.78. The molecular formula is C15H21FN2O4. The van der Waals surface area contributed by atoms with Crippen molar-refractivity contribution in [3.05, 3.63) is 29.8 Å². The highest BCUT2D eigenvalue weighted by Crippen LogP contribution is 2.30. The molecule has 6 nitrogen and oxygen atoms in total. The van der Waals surface area contributed by atoms with Crippen LogP contribution in [-0.4, -0.2) is 39.2 Å². The van der Waals surface area contributed by atoms with Crippen molar-refractivity contribution in [3.8, 4) is 0 Å². The number of halogens is 1. The number of hydrogen-bond donors (Lipinski definition) is 1. The third-order valence-electron chi connectivity index (χ3n) is 3.15. The molecule has 0 saturated carbocycles. The van der Waals surface area contributed by atoms with Crippen LogP contribution in [0.25, 0.3) is 0 Å². The van der Waals surface area contributed by atoms with Gasteiger partial charge in [0.15, 0.2) is 5.54 Å². The number of carboxylic acid groups (broad SMARTS) is 1. The third-order valence-corrected chi connectivity index (χ3v) is 3.15. The van der Waals surface area contributed by atoms with Crippen LogP contribution in [0, 0.1) is 5.82 Å². The van der Waals surface area contributed by atoms with Gasteiger partial charge in [0.05, 0.1) is 6.20 Å². The first-order valence-electron chi connectivity index (χ1n) is 6.87. The number of carbonyl (C=O) groups excluding carboxylic acids is 1. The van der Waals surface area contributed by atoms with Crippen LogP contribution in [0.2, 0.25) is 0 Å². The van der Waals surface area contributed by atoms with Crippen LogP contribution in [0.1, 0.15) is 40.2 Å². The first-order valence-corrected chi connectivity index (χ1v) is 6.87. The normalized spacial score (nSPS) is 14.1. The van der Waals surface area contributed by atoms with Crippen LogP contribution in [-0.2, 0) is 15.1 Å². The zero-order chi connectivity index (χ0) is 17.1. The van der Waals surface area contributed by atoms with Crippen molar-refractivity contribution in [2.45, 2.75) is 45.8 Å². The number of hydrogen-bond acceptors (Lipinski definition) is 4. The number of carbonyl (C=O) groups is 2. The Labute approximate surface area is 128 Å². The van der Waals surface area contributed by atoms with Crippen molar-refractivity contribution in [2.24, 2.45) is 0 Å². The Bertz CT molecular complexity index is 571. The smallest absolute Gasteiger partial charge is 0.411 e. The number of ether oxygens (including phenoxy) is 1. The van der Waals surface area contributed by atoms with Crippen molar-refractivity contribution in [1.82, 2.24) is 9.88 Å². The highest BCUT2D eigenvalue weighted by Gasteiger charge is 2.45. The molecule has 1 rings (SSSR count). The van der Waals surface area contributed by atoms with E-state index in [4.69, 9.17) is 4.74 Å². The molecule has 0 aliphatic carbocycles. The molecule has 0 bridgehead atoms. The van der Waals surface area contributed by atoms with E-state index in [0.29, 0.717) is 0 Å². The van der Waals surface area contributed by atoms with Crippen molar-refractivity contribution in [1.29, 1.82) is 0 Å². The van der Waals surface area contributed by atoms with Gasteiger partial charge >= 0.3 is 12.1 Å². The van der Waals surface area contributed by atoms with Gasteiger partial charge in [0, 0.05) is 18.3 Å². The molecule has 0 aliphatic rings. The monoisotopic (exact) mass is 312 g/mol. The maximum absolute atomic E-state index is 13.4. The van der Waals surface area contributed by atoms with Crippen LogP contribution >= 0.6 is 0 Å². The number of amides is 1. The first-order chi connectivity index (χ1) is 10.0. The molecular weight excluding hydrogens is 291 g/mol. The van der Waals surface area contributed by atoms with Crippen molar-refractivity contribution in [2.75, 3.05) is 6.54 Å². The van der Waals surface area contributed by atoms with Crippen molar-refractivity contribution >= 4 is 12.1 Å². The quantitative estimate of drug-likeness (QED) is 0.924. The summed E-state index contributed by atoms with van der Waals surface area (Å²) in [6.07, 6.45) is 1.41. The summed E-state index contributed by atoms with van der Waals surface area (Å²) in [5, 5.41) is 9.63. The van der Waals surface area contributed by atoms with Gasteiger partial charge in [-0.2, -0.15) is 0 Å². The summed E-state index contributed by atoms with van der Waals surface area (Å²) in [5.41, 5.74) is -2.50. The van der Waals surface area contributed by atoms with Gasteiger partial charge in [-0.1, -0.05) is 0 Å². The Morgan fingerprint density at radius 1 is 1.32 bits per heavy atom. The molecule has 1 unspecified atom stereocenters. The molecule has 0 fully saturated rings. The molecule has 122 valence electrons. The number of aliphatic carboxylic acids is 1. The number of aromatic nitrogens is 1. The van der Waals surface area contributed by atoms with Crippen molar-refractivity contribution in [3.63, 3.8) is 0 Å². The van der Waals surface area contributed by atoms with Gasteiger partial charge in [-0.25, -0.2) is 14.0 Å². The number of nitrogens with zero attached hydrogens (tertiary/aromatic N) is 2. The Balaban J connectivity index is 3.32. The molecule has 0 spiro atoms. The molecule has 0 aromatic carbocycles. The van der Waals surface area contributed by atoms with Gasteiger partial charge in [0.1, 0.15) is 11.4 Å². The molecule has 0 aliphatic heterocycles. The van der Waals surface area contributed by atoms with Crippen LogP contribution in [0.15, 0.2) is 18.5 Å². The second kappa shape index (κ2) is 6.29. The fourth-order valence-corrected chi connectivity index (χ4v) is 2.02. The Kier molecular flexibility index (Phi) is 5.11. The lowest BCUT2D eigenvalue weighted by Crippen LogP contribution is -2.54. The second-order valence-electron chi connectivity index (χ2n) is 5.99. The summed E-state index contributed by atoms with van der Waals surface area (Å²) >= 11 is 0. The minimum absolute atomic E-state index is 0.0627. The number of likely N-dealkylation sites (N-methyl/N-ethyl adjacent to an activating group) is 1. The highest BCUT2D eigenvalue weighted by molar-refractivity contribution is 5.85. The summed E-state index contributed by atoms with van der Waals surface area (Å²) in [4.78, 5) is 28.8. The Morgan fingerprint density at radius 3 is 2.32 bits per heavy atom. The standard InChI is InChI=1S/C15H21FN2O4/c1-6-18(13(21)22-14(2,3)4)15(5,12(19)20)10-7-11(16)9-17-8-10/h7-9H,6H2,1-5H3,(H,19,20). The average Bonchev–Trinajstić information content (AvgIpc) is 2.36. The van der Waals surface area contributed by atoms with Gasteiger partial charge in [0.25, 0.3) is 0 Å². The molecule has 1 N–H and O–H groups in total. The molecule has 1 aromatic rings. The van der Waals surface area contributed by atoms with E-state index in [2.05, 4.69) is 4.98 Å². The largest absolute Gasteiger partial charge is 0.479 e. The zero-order valence-electron chi connectivity index (χ0n) is 13.4. The summed E-state index contributed by atoms with van der Waals surface area (Å²) in [5.74, 6) is -1.97. The number of rotatable bonds is 4. The summed E-state index contributed by atoms with van der Waals surface area (Å²) in [6, 6.07) is 1.05. The van der Waals surface area contributed by atoms with E-state index in [1.165, 1.54) is 13.1 Å². The van der Waals surface area contributed by atoms with Crippen LogP contribution in [0.5, 0.6) is 0 Å². The van der Waals surface area contributed by atoms with Crippen LogP contribution in [0.3, 0.4) is 0 Å². The lowest BCUT2D eigenvalue weighted by atomic mass is 9.91. The summed E-state index contributed by atoms with van der Waals surface area (Å²) in [6.45, 7) is 8.06. The molecule has 1 atom stereocenters. The molecule has 0 saturated heterocycles. The van der Waals surface area contributed by atoms with Gasteiger partial charge in [0.2, 0.25) is 0 Å². The third kappa shape index (κ3) is 3.72. The fourth-order valence-electron chi connectivity index (χ4n) is 2.02. The molecule has 7 heteroatoms. The molecule has 0 radical (unpaired) electrons.